The van der Waals surface area contributed by atoms with E-state index in [4.69, 9.17) is 14.4 Å². The fourth-order valence-electron chi connectivity index (χ4n) is 2.82. The smallest absolute Gasteiger partial charge is 0.405 e. The number of fused-ring (bicyclic) bond motifs is 1. The number of nitrogens with one attached hydrogen (secondary N) is 2. The molecular formula is C20H22N4O5. The molecule has 2 amide bonds. The number of benzene rings is 1. The third-order valence-electron chi connectivity index (χ3n) is 4.27. The lowest BCUT2D eigenvalue weighted by molar-refractivity contribution is -0.118. The van der Waals surface area contributed by atoms with E-state index in [-0.39, 0.29) is 5.92 Å². The van der Waals surface area contributed by atoms with Gasteiger partial charge in [0.25, 0.3) is 0 Å². The Morgan fingerprint density at radius 3 is 2.66 bits per heavy atom. The minimum atomic E-state index is -1.25. The number of amides is 2. The Balaban J connectivity index is 1.75. The first-order valence-electron chi connectivity index (χ1n) is 9.21. The van der Waals surface area contributed by atoms with Crippen LogP contribution in [0.2, 0.25) is 0 Å². The average Bonchev–Trinajstić information content (AvgIpc) is 3.13. The van der Waals surface area contributed by atoms with Crippen molar-refractivity contribution in [3.8, 4) is 11.6 Å². The molecule has 0 saturated heterocycles. The Labute approximate surface area is 167 Å². The first-order valence-corrected chi connectivity index (χ1v) is 9.21. The molecule has 0 unspecified atom stereocenters. The van der Waals surface area contributed by atoms with E-state index >= 15 is 0 Å². The van der Waals surface area contributed by atoms with Crippen molar-refractivity contribution in [1.82, 2.24) is 15.5 Å². The zero-order chi connectivity index (χ0) is 21.0. The molecule has 0 saturated carbocycles. The molecule has 0 aliphatic carbocycles. The van der Waals surface area contributed by atoms with Crippen LogP contribution in [0.1, 0.15) is 38.8 Å². The van der Waals surface area contributed by atoms with E-state index in [0.717, 1.165) is 11.1 Å². The first kappa shape index (κ1) is 20.1. The number of aromatic nitrogens is 2. The highest BCUT2D eigenvalue weighted by atomic mass is 16.5. The number of nitrogens with zero attached hydrogens (tertiary/aromatic N) is 2. The molecule has 2 heterocycles. The molecule has 3 N–H and O–H groups in total. The third kappa shape index (κ3) is 4.63. The number of pyridine rings is 1. The molecule has 3 aromatic rings. The molecule has 0 aliphatic heterocycles. The SMILES string of the molecule is CC[C@@H](NC(=O)O)C(=O)Nc1ccc(Oc2cccc3onc(C(C)C)c23)nc1. The van der Waals surface area contributed by atoms with Gasteiger partial charge in [-0.05, 0) is 30.5 Å². The van der Waals surface area contributed by atoms with Crippen LogP contribution in [0.5, 0.6) is 11.6 Å². The number of ether oxygens (including phenoxy) is 1. The largest absolute Gasteiger partial charge is 0.465 e. The summed E-state index contributed by atoms with van der Waals surface area (Å²) in [6.07, 6.45) is 0.517. The summed E-state index contributed by atoms with van der Waals surface area (Å²) >= 11 is 0. The van der Waals surface area contributed by atoms with Crippen molar-refractivity contribution in [1.29, 1.82) is 0 Å². The zero-order valence-corrected chi connectivity index (χ0v) is 16.3. The molecule has 9 nitrogen and oxygen atoms in total. The van der Waals surface area contributed by atoms with Crippen molar-refractivity contribution < 1.29 is 24.0 Å². The second-order valence-electron chi connectivity index (χ2n) is 6.74. The van der Waals surface area contributed by atoms with Gasteiger partial charge < -0.3 is 25.0 Å². The Hall–Kier alpha value is -3.62. The van der Waals surface area contributed by atoms with Gasteiger partial charge in [-0.1, -0.05) is 32.0 Å². The van der Waals surface area contributed by atoms with Crippen LogP contribution in [0.25, 0.3) is 11.0 Å². The Kier molecular flexibility index (Phi) is 5.96. The van der Waals surface area contributed by atoms with Gasteiger partial charge in [-0.3, -0.25) is 4.79 Å². The molecule has 29 heavy (non-hydrogen) atoms. The van der Waals surface area contributed by atoms with Crippen LogP contribution in [0.15, 0.2) is 41.1 Å². The number of hydrogen-bond donors (Lipinski definition) is 3. The van der Waals surface area contributed by atoms with E-state index < -0.39 is 18.0 Å². The van der Waals surface area contributed by atoms with Crippen molar-refractivity contribution in [3.05, 3.63) is 42.2 Å². The normalized spacial score (nSPS) is 12.0. The molecule has 0 aliphatic rings. The molecule has 0 bridgehead atoms. The summed E-state index contributed by atoms with van der Waals surface area (Å²) in [7, 11) is 0. The Bertz CT molecular complexity index is 1010. The van der Waals surface area contributed by atoms with Crippen molar-refractivity contribution in [2.24, 2.45) is 0 Å². The van der Waals surface area contributed by atoms with Crippen LogP contribution in [0, 0.1) is 0 Å². The number of carboxylic acid groups (broad SMARTS) is 1. The van der Waals surface area contributed by atoms with Crippen LogP contribution in [-0.4, -0.2) is 33.3 Å². The maximum absolute atomic E-state index is 12.2. The molecule has 1 atom stereocenters. The number of carbonyl (C=O) groups is 2. The van der Waals surface area contributed by atoms with E-state index in [2.05, 4.69) is 20.8 Å². The average molecular weight is 398 g/mol. The minimum Gasteiger partial charge on any atom is -0.465 e. The second-order valence-corrected chi connectivity index (χ2v) is 6.74. The Morgan fingerprint density at radius 1 is 1.24 bits per heavy atom. The predicted molar refractivity (Wildman–Crippen MR) is 106 cm³/mol. The van der Waals surface area contributed by atoms with E-state index in [0.29, 0.717) is 29.3 Å². The van der Waals surface area contributed by atoms with Gasteiger partial charge in [0.05, 0.1) is 23.0 Å². The Morgan fingerprint density at radius 2 is 2.03 bits per heavy atom. The third-order valence-corrected chi connectivity index (χ3v) is 4.27. The second kappa shape index (κ2) is 8.59. The van der Waals surface area contributed by atoms with E-state index in [1.165, 1.54) is 6.20 Å². The number of rotatable bonds is 7. The zero-order valence-electron chi connectivity index (χ0n) is 16.3. The van der Waals surface area contributed by atoms with Gasteiger partial charge in [0.2, 0.25) is 11.8 Å². The van der Waals surface area contributed by atoms with Crippen molar-refractivity contribution in [3.63, 3.8) is 0 Å². The maximum atomic E-state index is 12.2. The van der Waals surface area contributed by atoms with Gasteiger partial charge >= 0.3 is 6.09 Å². The fraction of sp³-hybridized carbons (Fsp3) is 0.300. The predicted octanol–water partition coefficient (Wildman–Crippen LogP) is 4.12. The van der Waals surface area contributed by atoms with Crippen LogP contribution in [0.3, 0.4) is 0 Å². The highest BCUT2D eigenvalue weighted by molar-refractivity contribution is 5.96. The summed E-state index contributed by atoms with van der Waals surface area (Å²) in [5.41, 5.74) is 1.86. The van der Waals surface area contributed by atoms with E-state index in [1.807, 2.05) is 32.0 Å². The van der Waals surface area contributed by atoms with Crippen LogP contribution >= 0.6 is 0 Å². The van der Waals surface area contributed by atoms with Crippen molar-refractivity contribution in [2.45, 2.75) is 39.2 Å². The highest BCUT2D eigenvalue weighted by Gasteiger charge is 2.19. The topological polar surface area (TPSA) is 127 Å². The van der Waals surface area contributed by atoms with E-state index in [1.54, 1.807) is 19.1 Å². The lowest BCUT2D eigenvalue weighted by atomic mass is 10.1. The van der Waals surface area contributed by atoms with E-state index in [9.17, 15) is 9.59 Å². The van der Waals surface area contributed by atoms with Crippen molar-refractivity contribution >= 4 is 28.7 Å². The molecule has 0 fully saturated rings. The lowest BCUT2D eigenvalue weighted by Gasteiger charge is -2.14. The standard InChI is InChI=1S/C20H22N4O5/c1-4-13(23-20(26)27)19(25)22-12-8-9-16(21-10-12)28-14-6-5-7-15-17(14)18(11(2)3)24-29-15/h5-11,13,23H,4H2,1-3H3,(H,22,25)(H,26,27)/t13-/m1/s1. The van der Waals surface area contributed by atoms with Gasteiger partial charge in [-0.2, -0.15) is 0 Å². The summed E-state index contributed by atoms with van der Waals surface area (Å²) in [5.74, 6) is 0.620. The minimum absolute atomic E-state index is 0.164. The van der Waals surface area contributed by atoms with Gasteiger partial charge in [0.15, 0.2) is 5.58 Å². The lowest BCUT2D eigenvalue weighted by Crippen LogP contribution is -2.42. The van der Waals surface area contributed by atoms with Crippen LogP contribution < -0.4 is 15.4 Å². The molecule has 152 valence electrons. The number of carbonyl (C=O) groups excluding carboxylic acids is 1. The number of anilines is 1. The van der Waals surface area contributed by atoms with Gasteiger partial charge in [-0.15, -0.1) is 0 Å². The van der Waals surface area contributed by atoms with Crippen LogP contribution in [0.4, 0.5) is 10.5 Å². The molecule has 9 heteroatoms. The molecule has 2 aromatic heterocycles. The van der Waals surface area contributed by atoms with Gasteiger partial charge in [0, 0.05) is 6.07 Å². The summed E-state index contributed by atoms with van der Waals surface area (Å²) in [4.78, 5) is 27.1. The molecule has 0 spiro atoms. The van der Waals surface area contributed by atoms with Crippen LogP contribution in [-0.2, 0) is 4.79 Å². The summed E-state index contributed by atoms with van der Waals surface area (Å²) in [6, 6.07) is 7.84. The molecular weight excluding hydrogens is 376 g/mol. The molecule has 3 rings (SSSR count). The van der Waals surface area contributed by atoms with Gasteiger partial charge in [0.1, 0.15) is 11.8 Å². The monoisotopic (exact) mass is 398 g/mol. The van der Waals surface area contributed by atoms with Crippen molar-refractivity contribution in [2.75, 3.05) is 5.32 Å². The molecule has 0 radical (unpaired) electrons. The summed E-state index contributed by atoms with van der Waals surface area (Å²) in [6.45, 7) is 5.76. The number of hydrogen-bond acceptors (Lipinski definition) is 6. The maximum Gasteiger partial charge on any atom is 0.405 e. The summed E-state index contributed by atoms with van der Waals surface area (Å²) in [5, 5.41) is 18.5. The summed E-state index contributed by atoms with van der Waals surface area (Å²) < 4.78 is 11.3. The highest BCUT2D eigenvalue weighted by Crippen LogP contribution is 2.34. The van der Waals surface area contributed by atoms with Gasteiger partial charge in [-0.25, -0.2) is 9.78 Å². The quantitative estimate of drug-likeness (QED) is 0.546. The fourth-order valence-corrected chi connectivity index (χ4v) is 2.82. The first-order chi connectivity index (χ1) is 13.9. The molecule has 1 aromatic carbocycles.